The van der Waals surface area contributed by atoms with Gasteiger partial charge in [0.15, 0.2) is 5.69 Å². The van der Waals surface area contributed by atoms with Crippen LogP contribution in [0.15, 0.2) is 30.9 Å². The van der Waals surface area contributed by atoms with Crippen LogP contribution in [0.4, 0.5) is 13.2 Å². The molecule has 0 aliphatic carbocycles. The summed E-state index contributed by atoms with van der Waals surface area (Å²) in [6.45, 7) is 7.16. The van der Waals surface area contributed by atoms with Crippen LogP contribution < -0.4 is 0 Å². The maximum atomic E-state index is 12.7. The average molecular weight is 352 g/mol. The molecule has 0 aliphatic heterocycles. The van der Waals surface area contributed by atoms with Crippen LogP contribution in [-0.2, 0) is 0 Å². The van der Waals surface area contributed by atoms with Gasteiger partial charge in [-0.3, -0.25) is 4.79 Å². The number of carbonyl (C=O) groups is 1. The lowest BCUT2D eigenvalue weighted by molar-refractivity contribution is -0.139. The number of hydrogen-bond acceptors (Lipinski definition) is 3. The van der Waals surface area contributed by atoms with Crippen LogP contribution in [-0.4, -0.2) is 45.1 Å². The van der Waals surface area contributed by atoms with E-state index < -0.39 is 18.6 Å². The monoisotopic (exact) mass is 352 g/mol. The molecule has 2 rings (SSSR count). The highest BCUT2D eigenvalue weighted by Crippen LogP contribution is 2.20. The fourth-order valence-corrected chi connectivity index (χ4v) is 2.46. The van der Waals surface area contributed by atoms with E-state index in [0.717, 1.165) is 11.1 Å². The van der Waals surface area contributed by atoms with Crippen molar-refractivity contribution in [2.24, 2.45) is 0 Å². The van der Waals surface area contributed by atoms with Gasteiger partial charge in [-0.15, -0.1) is 11.7 Å². The third-order valence-corrected chi connectivity index (χ3v) is 3.56. The molecule has 1 aromatic carbocycles. The van der Waals surface area contributed by atoms with Crippen molar-refractivity contribution in [1.82, 2.24) is 19.9 Å². The maximum absolute atomic E-state index is 12.7. The number of carbonyl (C=O) groups excluding carboxylic acids is 1. The van der Waals surface area contributed by atoms with Gasteiger partial charge in [0.2, 0.25) is 0 Å². The van der Waals surface area contributed by atoms with Crippen LogP contribution in [0.5, 0.6) is 0 Å². The van der Waals surface area contributed by atoms with Crippen molar-refractivity contribution in [2.45, 2.75) is 26.9 Å². The molecule has 2 aromatic rings. The summed E-state index contributed by atoms with van der Waals surface area (Å²) in [4.78, 5) is 14.4. The number of amides is 1. The van der Waals surface area contributed by atoms with E-state index >= 15 is 0 Å². The topological polar surface area (TPSA) is 51.0 Å². The molecular weight excluding hydrogens is 333 g/mol. The second kappa shape index (κ2) is 7.08. The van der Waals surface area contributed by atoms with Gasteiger partial charge in [-0.2, -0.15) is 23.1 Å². The molecule has 0 aliphatic rings. The third-order valence-electron chi connectivity index (χ3n) is 3.56. The minimum atomic E-state index is -4.50. The molecule has 0 unspecified atom stereocenters. The molecule has 0 saturated heterocycles. The van der Waals surface area contributed by atoms with Crippen molar-refractivity contribution in [3.05, 3.63) is 53.4 Å². The van der Waals surface area contributed by atoms with Crippen LogP contribution >= 0.6 is 0 Å². The van der Waals surface area contributed by atoms with E-state index in [1.165, 1.54) is 10.9 Å². The van der Waals surface area contributed by atoms with Gasteiger partial charge in [-0.1, -0.05) is 23.8 Å². The Bertz CT molecular complexity index is 796. The molecule has 0 fully saturated rings. The van der Waals surface area contributed by atoms with E-state index in [4.69, 9.17) is 0 Å². The van der Waals surface area contributed by atoms with Gasteiger partial charge < -0.3 is 4.90 Å². The highest BCUT2D eigenvalue weighted by Gasteiger charge is 2.34. The summed E-state index contributed by atoms with van der Waals surface area (Å²) in [7, 11) is 0. The molecule has 25 heavy (non-hydrogen) atoms. The van der Waals surface area contributed by atoms with Crippen LogP contribution in [0.3, 0.4) is 0 Å². The second-order valence-electron chi connectivity index (χ2n) is 5.80. The summed E-state index contributed by atoms with van der Waals surface area (Å²) >= 11 is 0. The van der Waals surface area contributed by atoms with Gasteiger partial charge in [0.1, 0.15) is 6.54 Å². The van der Waals surface area contributed by atoms with Gasteiger partial charge in [0, 0.05) is 6.54 Å². The number of alkyl halides is 3. The number of aromatic nitrogens is 3. The lowest BCUT2D eigenvalue weighted by atomic mass is 10.1. The Morgan fingerprint density at radius 2 is 1.96 bits per heavy atom. The van der Waals surface area contributed by atoms with Crippen LogP contribution in [0.1, 0.15) is 27.3 Å². The molecule has 1 aromatic heterocycles. The molecule has 5 nitrogen and oxygen atoms in total. The number of nitrogens with zero attached hydrogens (tertiary/aromatic N) is 4. The third kappa shape index (κ3) is 4.46. The van der Waals surface area contributed by atoms with E-state index in [1.807, 2.05) is 26.0 Å². The van der Waals surface area contributed by atoms with Gasteiger partial charge in [-0.25, -0.2) is 0 Å². The van der Waals surface area contributed by atoms with Crippen molar-refractivity contribution in [3.63, 3.8) is 0 Å². The molecule has 0 radical (unpaired) electrons. The Morgan fingerprint density at radius 3 is 2.52 bits per heavy atom. The highest BCUT2D eigenvalue weighted by molar-refractivity contribution is 5.93. The van der Waals surface area contributed by atoms with Crippen molar-refractivity contribution < 1.29 is 18.0 Å². The maximum Gasteiger partial charge on any atom is 0.406 e. The number of hydrogen-bond donors (Lipinski definition) is 0. The Kier molecular flexibility index (Phi) is 5.30. The summed E-state index contributed by atoms with van der Waals surface area (Å²) < 4.78 is 38.1. The SMILES string of the molecule is C=CCN(CC(F)(F)F)C(=O)c1nn(-c2ccc(C)cc2C)nc1C. The zero-order valence-electron chi connectivity index (χ0n) is 14.3. The Morgan fingerprint density at radius 1 is 1.28 bits per heavy atom. The van der Waals surface area contributed by atoms with Crippen LogP contribution in [0.25, 0.3) is 5.69 Å². The summed E-state index contributed by atoms with van der Waals surface area (Å²) in [5.74, 6) is -0.828. The molecule has 134 valence electrons. The number of aryl methyl sites for hydroxylation is 3. The Balaban J connectivity index is 2.37. The van der Waals surface area contributed by atoms with Crippen LogP contribution in [0, 0.1) is 20.8 Å². The summed E-state index contributed by atoms with van der Waals surface area (Å²) in [6.07, 6.45) is -3.26. The van der Waals surface area contributed by atoms with Crippen molar-refractivity contribution in [3.8, 4) is 5.69 Å². The quantitative estimate of drug-likeness (QED) is 0.775. The van der Waals surface area contributed by atoms with Crippen molar-refractivity contribution in [2.75, 3.05) is 13.1 Å². The molecule has 8 heteroatoms. The summed E-state index contributed by atoms with van der Waals surface area (Å²) in [5, 5.41) is 8.30. The molecule has 0 bridgehead atoms. The summed E-state index contributed by atoms with van der Waals surface area (Å²) in [5.41, 5.74) is 2.78. The van der Waals surface area contributed by atoms with E-state index in [-0.39, 0.29) is 17.9 Å². The van der Waals surface area contributed by atoms with E-state index in [1.54, 1.807) is 13.0 Å². The first-order valence-electron chi connectivity index (χ1n) is 7.61. The first-order chi connectivity index (χ1) is 11.6. The highest BCUT2D eigenvalue weighted by atomic mass is 19.4. The molecule has 0 saturated carbocycles. The Labute approximate surface area is 143 Å². The largest absolute Gasteiger partial charge is 0.406 e. The first kappa shape index (κ1) is 18.7. The molecule has 0 N–H and O–H groups in total. The normalized spacial score (nSPS) is 11.4. The predicted molar refractivity (Wildman–Crippen MR) is 87.7 cm³/mol. The van der Waals surface area contributed by atoms with Gasteiger partial charge in [-0.05, 0) is 32.4 Å². The fraction of sp³-hybridized carbons (Fsp3) is 0.353. The molecular formula is C17H19F3N4O. The predicted octanol–water partition coefficient (Wildman–Crippen LogP) is 3.38. The number of halogens is 3. The van der Waals surface area contributed by atoms with Crippen LogP contribution in [0.2, 0.25) is 0 Å². The zero-order chi connectivity index (χ0) is 18.8. The second-order valence-corrected chi connectivity index (χ2v) is 5.80. The molecule has 0 spiro atoms. The van der Waals surface area contributed by atoms with Gasteiger partial charge in [0.05, 0.1) is 11.4 Å². The van der Waals surface area contributed by atoms with E-state index in [2.05, 4.69) is 16.8 Å². The standard InChI is InChI=1S/C17H19F3N4O/c1-5-8-23(10-17(18,19)20)16(25)15-13(4)21-24(22-15)14-7-6-11(2)9-12(14)3/h5-7,9H,1,8,10H2,2-4H3. The summed E-state index contributed by atoms with van der Waals surface area (Å²) in [6, 6.07) is 5.61. The Hall–Kier alpha value is -2.64. The van der Waals surface area contributed by atoms with Gasteiger partial charge in [0.25, 0.3) is 5.91 Å². The lowest BCUT2D eigenvalue weighted by Crippen LogP contribution is -2.39. The lowest BCUT2D eigenvalue weighted by Gasteiger charge is -2.21. The van der Waals surface area contributed by atoms with Gasteiger partial charge >= 0.3 is 6.18 Å². The first-order valence-corrected chi connectivity index (χ1v) is 7.61. The number of rotatable bonds is 5. The minimum Gasteiger partial charge on any atom is -0.324 e. The molecule has 0 atom stereocenters. The van der Waals surface area contributed by atoms with Crippen molar-refractivity contribution in [1.29, 1.82) is 0 Å². The van der Waals surface area contributed by atoms with E-state index in [0.29, 0.717) is 10.6 Å². The van der Waals surface area contributed by atoms with E-state index in [9.17, 15) is 18.0 Å². The minimum absolute atomic E-state index is 0.105. The smallest absolute Gasteiger partial charge is 0.324 e. The average Bonchev–Trinajstić information content (AvgIpc) is 2.86. The molecule has 1 amide bonds. The number of benzene rings is 1. The van der Waals surface area contributed by atoms with Crippen molar-refractivity contribution >= 4 is 5.91 Å². The zero-order valence-corrected chi connectivity index (χ0v) is 14.3. The molecule has 1 heterocycles. The fourth-order valence-electron chi connectivity index (χ4n) is 2.46.